The van der Waals surface area contributed by atoms with Crippen molar-refractivity contribution < 1.29 is 24.0 Å². The zero-order valence-corrected chi connectivity index (χ0v) is 27.2. The molecule has 9 nitrogen and oxygen atoms in total. The molecule has 0 aromatic heterocycles. The molecule has 3 atom stereocenters. The van der Waals surface area contributed by atoms with E-state index >= 15 is 0 Å². The van der Waals surface area contributed by atoms with Gasteiger partial charge in [0.15, 0.2) is 0 Å². The molecular formula is C36H42N4O5S. The first kappa shape index (κ1) is 34.4. The standard InChI is InChI=1S/C28H32N4O5S.C8H10/c1-29-24(33)22(17-18-9-3-2-4-10-18)31-16-14-21(28(31)37)30-25(34)23(38)13-7-8-15-32-26(35)19-11-5-6-12-20(19)27(32)36;1-2-8-6-4-3-5-7-8/h2-6,9-12,21-23,38H,7-8,13-17H2,1H3,(H,29,33)(H,30,34);3-7H,2H2,1H3/t21?,22-,23-;/m0./s1. The van der Waals surface area contributed by atoms with E-state index in [1.165, 1.54) is 15.4 Å². The molecule has 1 fully saturated rings. The minimum Gasteiger partial charge on any atom is -0.357 e. The Morgan fingerprint density at radius 1 is 0.826 bits per heavy atom. The van der Waals surface area contributed by atoms with Crippen molar-refractivity contribution in [2.45, 2.75) is 62.8 Å². The van der Waals surface area contributed by atoms with E-state index < -0.39 is 17.3 Å². The fourth-order valence-corrected chi connectivity index (χ4v) is 5.91. The third-order valence-corrected chi connectivity index (χ3v) is 8.79. The number of imide groups is 1. The highest BCUT2D eigenvalue weighted by Gasteiger charge is 2.40. The predicted molar refractivity (Wildman–Crippen MR) is 181 cm³/mol. The topological polar surface area (TPSA) is 116 Å². The van der Waals surface area contributed by atoms with Crippen molar-refractivity contribution in [1.82, 2.24) is 20.4 Å². The molecule has 2 N–H and O–H groups in total. The molecule has 2 heterocycles. The molecule has 1 unspecified atom stereocenters. The highest BCUT2D eigenvalue weighted by atomic mass is 32.1. The third-order valence-electron chi connectivity index (χ3n) is 8.29. The maximum Gasteiger partial charge on any atom is 0.261 e. The second-order valence-electron chi connectivity index (χ2n) is 11.4. The number of fused-ring (bicyclic) bond motifs is 1. The minimum atomic E-state index is -0.710. The van der Waals surface area contributed by atoms with Gasteiger partial charge in [0.05, 0.1) is 16.4 Å². The summed E-state index contributed by atoms with van der Waals surface area (Å²) in [6.45, 7) is 2.80. The van der Waals surface area contributed by atoms with E-state index in [0.717, 1.165) is 12.0 Å². The van der Waals surface area contributed by atoms with E-state index in [-0.39, 0.29) is 36.1 Å². The Bertz CT molecular complexity index is 1480. The van der Waals surface area contributed by atoms with E-state index in [0.29, 0.717) is 49.8 Å². The maximum atomic E-state index is 13.1. The van der Waals surface area contributed by atoms with Crippen LogP contribution in [0, 0.1) is 0 Å². The van der Waals surface area contributed by atoms with Crippen molar-refractivity contribution in [3.63, 3.8) is 0 Å². The number of unbranched alkanes of at least 4 members (excludes halogenated alkanes) is 1. The van der Waals surface area contributed by atoms with Crippen molar-refractivity contribution in [3.05, 3.63) is 107 Å². The SMILES string of the molecule is CCc1ccccc1.CNC(=O)[C@H](Cc1ccccc1)N1CCC(NC(=O)[C@@H](S)CCCCN2C(=O)c3ccccc3C2=O)C1=O. The molecule has 10 heteroatoms. The normalized spacial score (nSPS) is 16.8. The van der Waals surface area contributed by atoms with Gasteiger partial charge in [0.1, 0.15) is 12.1 Å². The van der Waals surface area contributed by atoms with E-state index in [9.17, 15) is 24.0 Å². The Kier molecular flexibility index (Phi) is 12.5. The van der Waals surface area contributed by atoms with Crippen LogP contribution in [0.25, 0.3) is 0 Å². The first-order chi connectivity index (χ1) is 22.2. The van der Waals surface area contributed by atoms with E-state index in [1.807, 2.05) is 36.4 Å². The van der Waals surface area contributed by atoms with Gasteiger partial charge in [-0.05, 0) is 48.9 Å². The number of amides is 5. The molecule has 1 saturated heterocycles. The summed E-state index contributed by atoms with van der Waals surface area (Å²) >= 11 is 4.41. The molecule has 0 bridgehead atoms. The number of aryl methyl sites for hydroxylation is 1. The van der Waals surface area contributed by atoms with E-state index in [1.54, 1.807) is 31.3 Å². The average Bonchev–Trinajstić information content (AvgIpc) is 3.57. The highest BCUT2D eigenvalue weighted by Crippen LogP contribution is 2.23. The summed E-state index contributed by atoms with van der Waals surface area (Å²) in [7, 11) is 1.54. The summed E-state index contributed by atoms with van der Waals surface area (Å²) in [5.74, 6) is -1.48. The number of likely N-dealkylation sites (tertiary alicyclic amines) is 1. The van der Waals surface area contributed by atoms with Crippen LogP contribution in [0.4, 0.5) is 0 Å². The van der Waals surface area contributed by atoms with Gasteiger partial charge in [0.2, 0.25) is 17.7 Å². The second kappa shape index (κ2) is 16.7. The number of nitrogens with zero attached hydrogens (tertiary/aromatic N) is 2. The van der Waals surface area contributed by atoms with Crippen molar-refractivity contribution in [2.24, 2.45) is 0 Å². The lowest BCUT2D eigenvalue weighted by Crippen LogP contribution is -2.51. The molecule has 2 aliphatic rings. The molecule has 0 aliphatic carbocycles. The highest BCUT2D eigenvalue weighted by molar-refractivity contribution is 7.81. The third kappa shape index (κ3) is 8.63. The largest absolute Gasteiger partial charge is 0.357 e. The maximum absolute atomic E-state index is 13.1. The lowest BCUT2D eigenvalue weighted by Gasteiger charge is -2.27. The van der Waals surface area contributed by atoms with Gasteiger partial charge >= 0.3 is 0 Å². The van der Waals surface area contributed by atoms with Crippen LogP contribution in [0.15, 0.2) is 84.9 Å². The molecule has 5 amide bonds. The van der Waals surface area contributed by atoms with Gasteiger partial charge in [0.25, 0.3) is 11.8 Å². The van der Waals surface area contributed by atoms with E-state index in [2.05, 4.69) is 54.5 Å². The summed E-state index contributed by atoms with van der Waals surface area (Å²) in [6.07, 6.45) is 3.48. The van der Waals surface area contributed by atoms with Crippen molar-refractivity contribution in [3.8, 4) is 0 Å². The van der Waals surface area contributed by atoms with Gasteiger partial charge in [0, 0.05) is 26.6 Å². The Balaban J connectivity index is 0.000000523. The quantitative estimate of drug-likeness (QED) is 0.157. The number of rotatable bonds is 12. The molecule has 5 rings (SSSR count). The first-order valence-corrected chi connectivity index (χ1v) is 16.3. The fourth-order valence-electron chi connectivity index (χ4n) is 5.66. The lowest BCUT2D eigenvalue weighted by molar-refractivity contribution is -0.139. The Hall–Kier alpha value is -4.44. The number of carbonyl (C=O) groups is 5. The van der Waals surface area contributed by atoms with Crippen molar-refractivity contribution in [1.29, 1.82) is 0 Å². The number of likely N-dealkylation sites (N-methyl/N-ethyl adjacent to an activating group) is 1. The van der Waals surface area contributed by atoms with Crippen molar-refractivity contribution >= 4 is 42.2 Å². The monoisotopic (exact) mass is 642 g/mol. The van der Waals surface area contributed by atoms with Crippen LogP contribution < -0.4 is 10.6 Å². The van der Waals surface area contributed by atoms with Crippen LogP contribution >= 0.6 is 12.6 Å². The number of hydrogen-bond acceptors (Lipinski definition) is 6. The van der Waals surface area contributed by atoms with Crippen LogP contribution in [-0.2, 0) is 27.2 Å². The summed E-state index contributed by atoms with van der Waals surface area (Å²) in [5.41, 5.74) is 3.19. The van der Waals surface area contributed by atoms with Crippen LogP contribution in [0.1, 0.15) is 64.4 Å². The molecule has 242 valence electrons. The predicted octanol–water partition coefficient (Wildman–Crippen LogP) is 4.07. The van der Waals surface area contributed by atoms with Crippen LogP contribution in [0.5, 0.6) is 0 Å². The molecular weight excluding hydrogens is 600 g/mol. The average molecular weight is 643 g/mol. The smallest absolute Gasteiger partial charge is 0.261 e. The molecule has 46 heavy (non-hydrogen) atoms. The number of nitrogens with one attached hydrogen (secondary N) is 2. The molecule has 0 spiro atoms. The lowest BCUT2D eigenvalue weighted by atomic mass is 10.0. The summed E-state index contributed by atoms with van der Waals surface area (Å²) in [5, 5.41) is 4.78. The first-order valence-electron chi connectivity index (χ1n) is 15.8. The number of carbonyl (C=O) groups excluding carboxylic acids is 5. The molecule has 2 aliphatic heterocycles. The Labute approximate surface area is 276 Å². The Morgan fingerprint density at radius 2 is 1.39 bits per heavy atom. The van der Waals surface area contributed by atoms with Crippen LogP contribution in [0.2, 0.25) is 0 Å². The summed E-state index contributed by atoms with van der Waals surface area (Å²) in [4.78, 5) is 66.2. The van der Waals surface area contributed by atoms with Gasteiger partial charge in [-0.2, -0.15) is 12.6 Å². The molecule has 3 aromatic carbocycles. The summed E-state index contributed by atoms with van der Waals surface area (Å²) in [6, 6.07) is 25.3. The molecule has 0 radical (unpaired) electrons. The fraction of sp³-hybridized carbons (Fsp3) is 0.361. The van der Waals surface area contributed by atoms with Gasteiger partial charge in [-0.3, -0.25) is 28.9 Å². The zero-order valence-electron chi connectivity index (χ0n) is 26.4. The van der Waals surface area contributed by atoms with Gasteiger partial charge in [-0.15, -0.1) is 0 Å². The van der Waals surface area contributed by atoms with Gasteiger partial charge in [-0.1, -0.05) is 86.1 Å². The summed E-state index contributed by atoms with van der Waals surface area (Å²) < 4.78 is 0. The molecule has 0 saturated carbocycles. The van der Waals surface area contributed by atoms with Crippen LogP contribution in [0.3, 0.4) is 0 Å². The van der Waals surface area contributed by atoms with Crippen molar-refractivity contribution in [2.75, 3.05) is 20.1 Å². The number of benzene rings is 3. The van der Waals surface area contributed by atoms with Gasteiger partial charge in [-0.25, -0.2) is 0 Å². The number of hydrogen-bond donors (Lipinski definition) is 3. The van der Waals surface area contributed by atoms with E-state index in [4.69, 9.17) is 0 Å². The molecule has 3 aromatic rings. The van der Waals surface area contributed by atoms with Crippen LogP contribution in [-0.4, -0.2) is 76.8 Å². The number of thiol groups is 1. The van der Waals surface area contributed by atoms with Gasteiger partial charge < -0.3 is 15.5 Å². The zero-order chi connectivity index (χ0) is 33.1. The Morgan fingerprint density at radius 3 is 1.93 bits per heavy atom. The second-order valence-corrected chi connectivity index (χ2v) is 12.0. The minimum absolute atomic E-state index is 0.251.